The summed E-state index contributed by atoms with van der Waals surface area (Å²) in [6, 6.07) is 6.01. The SMILES string of the molecule is O=S(=O)(NOS)c1ccccc1Cl. The fraction of sp³-hybridized carbons (Fsp3) is 0. The first kappa shape index (κ1) is 10.8. The predicted molar refractivity (Wildman–Crippen MR) is 51.8 cm³/mol. The molecule has 1 aromatic rings. The van der Waals surface area contributed by atoms with E-state index in [0.29, 0.717) is 0 Å². The Morgan fingerprint density at radius 3 is 2.54 bits per heavy atom. The van der Waals surface area contributed by atoms with Gasteiger partial charge in [0.2, 0.25) is 0 Å². The van der Waals surface area contributed by atoms with Gasteiger partial charge in [-0.2, -0.15) is 0 Å². The van der Waals surface area contributed by atoms with Crippen LogP contribution < -0.4 is 4.89 Å². The first-order valence-electron chi connectivity index (χ1n) is 3.14. The molecule has 0 unspecified atom stereocenters. The molecule has 0 radical (unpaired) electrons. The van der Waals surface area contributed by atoms with Crippen molar-refractivity contribution < 1.29 is 12.7 Å². The second-order valence-electron chi connectivity index (χ2n) is 2.11. The maximum atomic E-state index is 11.3. The highest BCUT2D eigenvalue weighted by Gasteiger charge is 2.16. The van der Waals surface area contributed by atoms with Crippen LogP contribution in [0.15, 0.2) is 29.2 Å². The highest BCUT2D eigenvalue weighted by atomic mass is 35.5. The summed E-state index contributed by atoms with van der Waals surface area (Å²) in [6.45, 7) is 0. The van der Waals surface area contributed by atoms with Gasteiger partial charge in [-0.05, 0) is 12.1 Å². The molecule has 0 amide bonds. The third-order valence-corrected chi connectivity index (χ3v) is 3.17. The monoisotopic (exact) mass is 239 g/mol. The molecule has 0 bridgehead atoms. The van der Waals surface area contributed by atoms with Gasteiger partial charge in [0.1, 0.15) is 4.90 Å². The minimum atomic E-state index is -3.72. The van der Waals surface area contributed by atoms with Gasteiger partial charge in [0.05, 0.1) is 5.02 Å². The molecule has 7 heteroatoms. The van der Waals surface area contributed by atoms with Gasteiger partial charge in [-0.15, -0.1) is 0 Å². The first-order valence-corrected chi connectivity index (χ1v) is 5.37. The molecule has 1 rings (SSSR count). The minimum Gasteiger partial charge on any atom is -0.220 e. The van der Waals surface area contributed by atoms with Gasteiger partial charge in [0.25, 0.3) is 10.0 Å². The van der Waals surface area contributed by atoms with Crippen LogP contribution in [-0.4, -0.2) is 8.42 Å². The molecule has 0 saturated carbocycles. The number of nitrogens with one attached hydrogen (secondary N) is 1. The molecule has 0 atom stereocenters. The van der Waals surface area contributed by atoms with Crippen molar-refractivity contribution >= 4 is 34.5 Å². The largest absolute Gasteiger partial charge is 0.264 e. The molecule has 72 valence electrons. The molecule has 4 nitrogen and oxygen atoms in total. The predicted octanol–water partition coefficient (Wildman–Crippen LogP) is 1.39. The summed E-state index contributed by atoms with van der Waals surface area (Å²) in [5.74, 6) is 0. The highest BCUT2D eigenvalue weighted by molar-refractivity contribution is 7.90. The van der Waals surface area contributed by atoms with E-state index in [2.05, 4.69) is 17.2 Å². The van der Waals surface area contributed by atoms with Gasteiger partial charge in [0.15, 0.2) is 0 Å². The maximum Gasteiger partial charge on any atom is 0.264 e. The molecule has 0 saturated heterocycles. The summed E-state index contributed by atoms with van der Waals surface area (Å²) in [5.41, 5.74) is 0. The number of sulfonamides is 1. The minimum absolute atomic E-state index is 0.0503. The fourth-order valence-corrected chi connectivity index (χ4v) is 2.26. The van der Waals surface area contributed by atoms with Gasteiger partial charge < -0.3 is 0 Å². The van der Waals surface area contributed by atoms with Crippen LogP contribution in [0.1, 0.15) is 0 Å². The van der Waals surface area contributed by atoms with Crippen molar-refractivity contribution in [1.82, 2.24) is 4.89 Å². The van der Waals surface area contributed by atoms with Crippen LogP contribution in [0.3, 0.4) is 0 Å². The average Bonchev–Trinajstić information content (AvgIpc) is 2.04. The third kappa shape index (κ3) is 2.58. The lowest BCUT2D eigenvalue weighted by molar-refractivity contribution is 0.327. The number of rotatable bonds is 3. The Hall–Kier alpha value is -0.270. The summed E-state index contributed by atoms with van der Waals surface area (Å²) in [7, 11) is -3.72. The third-order valence-electron chi connectivity index (χ3n) is 1.27. The van der Waals surface area contributed by atoms with Crippen molar-refractivity contribution in [3.05, 3.63) is 29.3 Å². The van der Waals surface area contributed by atoms with Crippen LogP contribution in [-0.2, 0) is 14.3 Å². The lowest BCUT2D eigenvalue weighted by atomic mass is 10.4. The molecule has 0 aliphatic rings. The number of thiol groups is 1. The average molecular weight is 240 g/mol. The topological polar surface area (TPSA) is 55.4 Å². The molecular weight excluding hydrogens is 234 g/mol. The molecule has 0 heterocycles. The number of halogens is 1. The van der Waals surface area contributed by atoms with Crippen molar-refractivity contribution in [1.29, 1.82) is 0 Å². The maximum absolute atomic E-state index is 11.3. The Morgan fingerprint density at radius 2 is 2.00 bits per heavy atom. The number of hydrogen-bond acceptors (Lipinski definition) is 4. The zero-order valence-electron chi connectivity index (χ0n) is 6.27. The summed E-state index contributed by atoms with van der Waals surface area (Å²) < 4.78 is 26.6. The van der Waals surface area contributed by atoms with Crippen LogP contribution in [0.4, 0.5) is 0 Å². The van der Waals surface area contributed by atoms with E-state index < -0.39 is 10.0 Å². The zero-order chi connectivity index (χ0) is 9.90. The van der Waals surface area contributed by atoms with Crippen molar-refractivity contribution in [2.75, 3.05) is 0 Å². The van der Waals surface area contributed by atoms with Gasteiger partial charge >= 0.3 is 0 Å². The van der Waals surface area contributed by atoms with Crippen LogP contribution >= 0.6 is 24.5 Å². The Morgan fingerprint density at radius 1 is 1.38 bits per heavy atom. The number of hydrogen-bond donors (Lipinski definition) is 2. The molecule has 13 heavy (non-hydrogen) atoms. The zero-order valence-corrected chi connectivity index (χ0v) is 8.73. The van der Waals surface area contributed by atoms with E-state index in [1.807, 2.05) is 0 Å². The molecular formula is C6H6ClNO3S2. The van der Waals surface area contributed by atoms with E-state index in [0.717, 1.165) is 0 Å². The standard InChI is InChI=1S/C6H6ClNO3S2/c7-5-3-1-2-4-6(5)13(9,10)8-11-12/h1-4,8,12H. The van der Waals surface area contributed by atoms with Crippen molar-refractivity contribution in [2.45, 2.75) is 4.90 Å². The lowest BCUT2D eigenvalue weighted by Crippen LogP contribution is -2.20. The first-order chi connectivity index (χ1) is 6.08. The smallest absolute Gasteiger partial charge is 0.220 e. The normalized spacial score (nSPS) is 11.5. The Labute approximate surface area is 86.5 Å². The molecule has 0 fully saturated rings. The van der Waals surface area contributed by atoms with Gasteiger partial charge in [0, 0.05) is 12.9 Å². The van der Waals surface area contributed by atoms with Crippen molar-refractivity contribution in [3.63, 3.8) is 0 Å². The molecule has 0 aromatic heterocycles. The molecule has 0 aliphatic heterocycles. The van der Waals surface area contributed by atoms with Crippen LogP contribution in [0.5, 0.6) is 0 Å². The van der Waals surface area contributed by atoms with Crippen molar-refractivity contribution in [3.8, 4) is 0 Å². The number of benzene rings is 1. The lowest BCUT2D eigenvalue weighted by Gasteiger charge is -2.04. The van der Waals surface area contributed by atoms with E-state index >= 15 is 0 Å². The van der Waals surface area contributed by atoms with Crippen LogP contribution in [0.25, 0.3) is 0 Å². The van der Waals surface area contributed by atoms with E-state index in [-0.39, 0.29) is 9.92 Å². The summed E-state index contributed by atoms with van der Waals surface area (Å²) >= 11 is 8.91. The molecule has 0 aliphatic carbocycles. The van der Waals surface area contributed by atoms with E-state index in [1.54, 1.807) is 17.0 Å². The Kier molecular flexibility index (Phi) is 3.57. The Bertz CT molecular complexity index is 393. The van der Waals surface area contributed by atoms with Gasteiger partial charge in [-0.1, -0.05) is 28.6 Å². The second kappa shape index (κ2) is 4.30. The van der Waals surface area contributed by atoms with Crippen LogP contribution in [0, 0.1) is 0 Å². The fourth-order valence-electron chi connectivity index (χ4n) is 0.757. The van der Waals surface area contributed by atoms with Gasteiger partial charge in [-0.25, -0.2) is 12.7 Å². The summed E-state index contributed by atoms with van der Waals surface area (Å²) in [6.07, 6.45) is 0. The van der Waals surface area contributed by atoms with E-state index in [9.17, 15) is 8.42 Å². The Balaban J connectivity index is 3.15. The van der Waals surface area contributed by atoms with Crippen molar-refractivity contribution in [2.24, 2.45) is 0 Å². The van der Waals surface area contributed by atoms with Crippen LogP contribution in [0.2, 0.25) is 5.02 Å². The second-order valence-corrected chi connectivity index (χ2v) is 4.31. The molecule has 0 spiro atoms. The molecule has 1 aromatic carbocycles. The van der Waals surface area contributed by atoms with E-state index in [4.69, 9.17) is 11.6 Å². The quantitative estimate of drug-likeness (QED) is 0.476. The summed E-state index contributed by atoms with van der Waals surface area (Å²) in [4.78, 5) is 1.68. The molecule has 1 N–H and O–H groups in total. The van der Waals surface area contributed by atoms with E-state index in [1.165, 1.54) is 12.1 Å². The summed E-state index contributed by atoms with van der Waals surface area (Å²) in [5, 5.41) is 0.125. The highest BCUT2D eigenvalue weighted by Crippen LogP contribution is 2.19. The van der Waals surface area contributed by atoms with Gasteiger partial charge in [-0.3, -0.25) is 0 Å².